The summed E-state index contributed by atoms with van der Waals surface area (Å²) in [7, 11) is 8.16. The quantitative estimate of drug-likeness (QED) is 0.351. The van der Waals surface area contributed by atoms with Crippen LogP contribution in [0.15, 0.2) is 0 Å². The smallest absolute Gasteiger partial charge is 1.00 e. The summed E-state index contributed by atoms with van der Waals surface area (Å²) < 4.78 is 5.48. The monoisotopic (exact) mass is 396 g/mol. The predicted octanol–water partition coefficient (Wildman–Crippen LogP) is -9.47. The Balaban J connectivity index is -0.000000361. The first-order chi connectivity index (χ1) is 8.13. The number of rotatable bonds is 1. The second-order valence-corrected chi connectivity index (χ2v) is 4.81. The molecule has 0 radical (unpaired) electrons. The van der Waals surface area contributed by atoms with E-state index >= 15 is 0 Å². The molecule has 0 aliphatic carbocycles. The number of ether oxygens (including phenoxy) is 1. The van der Waals surface area contributed by atoms with E-state index in [9.17, 15) is 0 Å². The Kier molecular flexibility index (Phi) is 25.6. The Labute approximate surface area is 163 Å². The third kappa shape index (κ3) is 13.5. The minimum absolute atomic E-state index is 0. The molecule has 0 aromatic carbocycles. The number of halogens is 3. The number of hydrogen-bond acceptors (Lipinski definition) is 5. The van der Waals surface area contributed by atoms with Gasteiger partial charge in [0.15, 0.2) is 0 Å². The molecule has 1 N–H and O–H groups in total. The average Bonchev–Trinajstić information content (AvgIpc) is 2.31. The number of nitrogens with zero attached hydrogens (tertiary/aromatic N) is 3. The molecule has 21 heavy (non-hydrogen) atoms. The first kappa shape index (κ1) is 30.3. The van der Waals surface area contributed by atoms with Gasteiger partial charge in [0, 0.05) is 39.8 Å². The Hall–Kier alpha value is 1.38. The van der Waals surface area contributed by atoms with Crippen LogP contribution in [-0.2, 0) is 26.5 Å². The molecular formula is C12H27Cl3N4OTi. The number of methoxy groups -OCH3 is 1. The van der Waals surface area contributed by atoms with Gasteiger partial charge in [-0.2, -0.15) is 0 Å². The van der Waals surface area contributed by atoms with E-state index in [0.29, 0.717) is 0 Å². The molecule has 0 spiro atoms. The van der Waals surface area contributed by atoms with E-state index in [-0.39, 0.29) is 58.9 Å². The molecule has 0 aromatic rings. The maximum atomic E-state index is 5.48. The minimum Gasteiger partial charge on any atom is -1.00 e. The summed E-state index contributed by atoms with van der Waals surface area (Å²) in [6, 6.07) is 0. The first-order valence-electron chi connectivity index (χ1n) is 6.32. The molecule has 0 saturated carbocycles. The molecule has 0 atom stereocenters. The Bertz CT molecular complexity index is 221. The molecule has 9 heteroatoms. The summed E-state index contributed by atoms with van der Waals surface area (Å²) >= 11 is 0. The van der Waals surface area contributed by atoms with Gasteiger partial charge < -0.3 is 62.0 Å². The van der Waals surface area contributed by atoms with Crippen molar-refractivity contribution in [3.05, 3.63) is 6.23 Å². The van der Waals surface area contributed by atoms with Crippen LogP contribution in [0.4, 0.5) is 0 Å². The summed E-state index contributed by atoms with van der Waals surface area (Å²) in [4.78, 5) is 6.85. The van der Waals surface area contributed by atoms with Gasteiger partial charge in [0.05, 0.1) is 0 Å². The molecule has 5 nitrogen and oxygen atoms in total. The molecule has 1 fully saturated rings. The maximum Gasteiger partial charge on any atom is 4.00 e. The van der Waals surface area contributed by atoms with Crippen LogP contribution >= 0.6 is 0 Å². The SMILES string of the molecule is CO[C-]1CN(C)CCNCCN(C)CCN1C.[Cl-].[Cl-].[Cl-].[Ti+4]. The summed E-state index contributed by atoms with van der Waals surface area (Å²) in [6.45, 7) is 7.19. The fourth-order valence-corrected chi connectivity index (χ4v) is 1.87. The topological polar surface area (TPSA) is 31.0 Å². The van der Waals surface area contributed by atoms with Crippen LogP contribution in [0.2, 0.25) is 0 Å². The van der Waals surface area contributed by atoms with E-state index in [0.717, 1.165) is 52.0 Å². The Morgan fingerprint density at radius 3 is 1.90 bits per heavy atom. The van der Waals surface area contributed by atoms with Crippen LogP contribution in [0, 0.1) is 6.23 Å². The molecule has 0 unspecified atom stereocenters. The summed E-state index contributed by atoms with van der Waals surface area (Å²) in [5.41, 5.74) is 0. The molecule has 126 valence electrons. The summed E-state index contributed by atoms with van der Waals surface area (Å²) in [6.07, 6.45) is 1.04. The molecular weight excluding hydrogens is 370 g/mol. The Morgan fingerprint density at radius 1 is 0.857 bits per heavy atom. The van der Waals surface area contributed by atoms with Crippen LogP contribution < -0.4 is 42.5 Å². The minimum atomic E-state index is 0. The van der Waals surface area contributed by atoms with Gasteiger partial charge >= 0.3 is 21.7 Å². The van der Waals surface area contributed by atoms with Crippen LogP contribution in [0.1, 0.15) is 0 Å². The second kappa shape index (κ2) is 17.7. The van der Waals surface area contributed by atoms with Gasteiger partial charge in [0.2, 0.25) is 0 Å². The molecule has 0 aromatic heterocycles. The predicted molar refractivity (Wildman–Crippen MR) is 70.7 cm³/mol. The first-order valence-corrected chi connectivity index (χ1v) is 6.32. The van der Waals surface area contributed by atoms with E-state index in [1.54, 1.807) is 7.11 Å². The van der Waals surface area contributed by atoms with E-state index in [2.05, 4.69) is 41.2 Å². The largest absolute Gasteiger partial charge is 4.00 e. The van der Waals surface area contributed by atoms with Crippen LogP contribution in [0.25, 0.3) is 0 Å². The van der Waals surface area contributed by atoms with Crippen LogP contribution in [0.5, 0.6) is 0 Å². The van der Waals surface area contributed by atoms with E-state index < -0.39 is 0 Å². The maximum absolute atomic E-state index is 5.48. The molecule has 0 bridgehead atoms. The van der Waals surface area contributed by atoms with Gasteiger partial charge in [-0.1, -0.05) is 6.54 Å². The van der Waals surface area contributed by atoms with Crippen molar-refractivity contribution >= 4 is 0 Å². The van der Waals surface area contributed by atoms with Crippen molar-refractivity contribution in [1.82, 2.24) is 20.0 Å². The Morgan fingerprint density at radius 2 is 1.38 bits per heavy atom. The molecule has 1 heterocycles. The van der Waals surface area contributed by atoms with Gasteiger partial charge in [0.1, 0.15) is 0 Å². The van der Waals surface area contributed by atoms with Gasteiger partial charge in [-0.05, 0) is 27.7 Å². The van der Waals surface area contributed by atoms with Crippen LogP contribution in [-0.4, -0.2) is 88.8 Å². The summed E-state index contributed by atoms with van der Waals surface area (Å²) in [5, 5.41) is 3.46. The number of likely N-dealkylation sites (N-methyl/N-ethyl adjacent to an activating group) is 3. The van der Waals surface area contributed by atoms with E-state index in [1.807, 2.05) is 0 Å². The zero-order valence-electron chi connectivity index (χ0n) is 13.3. The van der Waals surface area contributed by atoms with Crippen molar-refractivity contribution in [3.8, 4) is 0 Å². The van der Waals surface area contributed by atoms with E-state index in [4.69, 9.17) is 4.74 Å². The second-order valence-electron chi connectivity index (χ2n) is 4.81. The third-order valence-electron chi connectivity index (χ3n) is 3.22. The normalized spacial score (nSPS) is 20.6. The van der Waals surface area contributed by atoms with Gasteiger partial charge in [-0.15, -0.1) is 6.23 Å². The number of nitrogens with one attached hydrogen (secondary N) is 1. The van der Waals surface area contributed by atoms with Crippen molar-refractivity contribution in [1.29, 1.82) is 0 Å². The average molecular weight is 398 g/mol. The number of hydrogen-bond donors (Lipinski definition) is 1. The zero-order valence-corrected chi connectivity index (χ0v) is 17.2. The van der Waals surface area contributed by atoms with Crippen molar-refractivity contribution in [2.45, 2.75) is 0 Å². The zero-order chi connectivity index (χ0) is 12.7. The standard InChI is InChI=1S/C12H27N4O.3ClH.Ti/c1-14-7-5-13-6-8-15(2)11-12(17-4)16(3)10-9-14;;;;/h13H,5-11H2,1-4H3;3*1H;/q-1;;;;+4/p-3. The molecule has 1 saturated heterocycles. The van der Waals surface area contributed by atoms with Crippen molar-refractivity contribution in [3.63, 3.8) is 0 Å². The van der Waals surface area contributed by atoms with Crippen molar-refractivity contribution < 1.29 is 63.7 Å². The van der Waals surface area contributed by atoms with Gasteiger partial charge in [-0.3, -0.25) is 0 Å². The van der Waals surface area contributed by atoms with Gasteiger partial charge in [0.25, 0.3) is 0 Å². The molecule has 1 aliphatic rings. The summed E-state index contributed by atoms with van der Waals surface area (Å²) in [5.74, 6) is 0. The van der Waals surface area contributed by atoms with Crippen molar-refractivity contribution in [2.75, 3.05) is 74.1 Å². The third-order valence-corrected chi connectivity index (χ3v) is 3.22. The fraction of sp³-hybridized carbons (Fsp3) is 0.917. The fourth-order valence-electron chi connectivity index (χ4n) is 1.87. The van der Waals surface area contributed by atoms with Gasteiger partial charge in [-0.25, -0.2) is 0 Å². The molecule has 1 aliphatic heterocycles. The molecule has 0 amide bonds. The van der Waals surface area contributed by atoms with E-state index in [1.165, 1.54) is 0 Å². The van der Waals surface area contributed by atoms with Crippen LogP contribution in [0.3, 0.4) is 0 Å². The molecule has 1 rings (SSSR count). The van der Waals surface area contributed by atoms with Crippen molar-refractivity contribution in [2.24, 2.45) is 0 Å².